The topological polar surface area (TPSA) is 66.1 Å². The summed E-state index contributed by atoms with van der Waals surface area (Å²) in [4.78, 5) is 16.4. The molecule has 0 spiro atoms. The minimum absolute atomic E-state index is 0.158. The SMILES string of the molecule is Cc1cccc(C(=O)NNc2ccc(CNCc3ccccn3)cc2)c1. The molecule has 0 fully saturated rings. The van der Waals surface area contributed by atoms with Crippen LogP contribution in [0.5, 0.6) is 0 Å². The number of carbonyl (C=O) groups is 1. The van der Waals surface area contributed by atoms with Crippen molar-refractivity contribution in [3.8, 4) is 0 Å². The maximum absolute atomic E-state index is 12.1. The van der Waals surface area contributed by atoms with Crippen LogP contribution in [0.3, 0.4) is 0 Å². The summed E-state index contributed by atoms with van der Waals surface area (Å²) in [6.45, 7) is 3.45. The molecule has 0 aliphatic heterocycles. The zero-order valence-corrected chi connectivity index (χ0v) is 14.7. The Morgan fingerprint density at radius 2 is 1.81 bits per heavy atom. The number of hydrogen-bond donors (Lipinski definition) is 3. The van der Waals surface area contributed by atoms with E-state index in [0.717, 1.165) is 35.6 Å². The Hall–Kier alpha value is -3.18. The molecule has 0 saturated heterocycles. The number of amides is 1. The van der Waals surface area contributed by atoms with E-state index in [1.807, 2.05) is 67.6 Å². The average molecular weight is 346 g/mol. The lowest BCUT2D eigenvalue weighted by Crippen LogP contribution is -2.29. The fourth-order valence-electron chi connectivity index (χ4n) is 2.53. The van der Waals surface area contributed by atoms with Crippen LogP contribution in [0.1, 0.15) is 27.2 Å². The van der Waals surface area contributed by atoms with Gasteiger partial charge in [0.2, 0.25) is 0 Å². The highest BCUT2D eigenvalue weighted by atomic mass is 16.2. The van der Waals surface area contributed by atoms with Gasteiger partial charge in [-0.1, -0.05) is 35.9 Å². The number of hydrazine groups is 1. The summed E-state index contributed by atoms with van der Waals surface area (Å²) >= 11 is 0. The molecule has 0 atom stereocenters. The molecule has 0 radical (unpaired) electrons. The molecule has 5 nitrogen and oxygen atoms in total. The number of aryl methyl sites for hydroxylation is 1. The van der Waals surface area contributed by atoms with Gasteiger partial charge >= 0.3 is 0 Å². The van der Waals surface area contributed by atoms with Crippen LogP contribution in [0.25, 0.3) is 0 Å². The number of hydrogen-bond acceptors (Lipinski definition) is 4. The molecule has 1 aromatic heterocycles. The van der Waals surface area contributed by atoms with Crippen LogP contribution in [-0.4, -0.2) is 10.9 Å². The lowest BCUT2D eigenvalue weighted by Gasteiger charge is -2.10. The molecule has 5 heteroatoms. The van der Waals surface area contributed by atoms with Crippen LogP contribution in [0.4, 0.5) is 5.69 Å². The Morgan fingerprint density at radius 3 is 2.54 bits per heavy atom. The van der Waals surface area contributed by atoms with E-state index < -0.39 is 0 Å². The number of benzene rings is 2. The van der Waals surface area contributed by atoms with E-state index in [-0.39, 0.29) is 5.91 Å². The third-order valence-corrected chi connectivity index (χ3v) is 3.92. The maximum Gasteiger partial charge on any atom is 0.269 e. The van der Waals surface area contributed by atoms with Crippen molar-refractivity contribution in [1.29, 1.82) is 0 Å². The van der Waals surface area contributed by atoms with Gasteiger partial charge in [-0.25, -0.2) is 0 Å². The summed E-state index contributed by atoms with van der Waals surface area (Å²) in [7, 11) is 0. The normalized spacial score (nSPS) is 10.3. The molecule has 0 unspecified atom stereocenters. The summed E-state index contributed by atoms with van der Waals surface area (Å²) in [5.41, 5.74) is 10.4. The van der Waals surface area contributed by atoms with Gasteiger partial charge < -0.3 is 5.32 Å². The monoisotopic (exact) mass is 346 g/mol. The fourth-order valence-corrected chi connectivity index (χ4v) is 2.53. The second-order valence-electron chi connectivity index (χ2n) is 6.07. The zero-order valence-electron chi connectivity index (χ0n) is 14.7. The molecule has 2 aromatic carbocycles. The fraction of sp³-hybridized carbons (Fsp3) is 0.143. The van der Waals surface area contributed by atoms with Crippen LogP contribution < -0.4 is 16.2 Å². The van der Waals surface area contributed by atoms with Gasteiger partial charge in [0.05, 0.1) is 11.4 Å². The number of nitrogens with zero attached hydrogens (tertiary/aromatic N) is 1. The standard InChI is InChI=1S/C21H22N4O/c1-16-5-4-6-18(13-16)21(26)25-24-19-10-8-17(9-11-19)14-22-15-20-7-2-3-12-23-20/h2-13,22,24H,14-15H2,1H3,(H,25,26). The van der Waals surface area contributed by atoms with Crippen molar-refractivity contribution in [1.82, 2.24) is 15.7 Å². The third kappa shape index (κ3) is 5.16. The lowest BCUT2D eigenvalue weighted by molar-refractivity contribution is 0.0962. The molecule has 0 bridgehead atoms. The first-order valence-corrected chi connectivity index (χ1v) is 8.53. The van der Waals surface area contributed by atoms with Gasteiger partial charge in [-0.2, -0.15) is 0 Å². The molecule has 0 saturated carbocycles. The summed E-state index contributed by atoms with van der Waals surface area (Å²) in [5, 5.41) is 3.36. The molecule has 1 heterocycles. The van der Waals surface area contributed by atoms with Gasteiger partial charge in [0.1, 0.15) is 0 Å². The number of anilines is 1. The molecule has 3 rings (SSSR count). The predicted octanol–water partition coefficient (Wildman–Crippen LogP) is 3.44. The Balaban J connectivity index is 1.46. The first-order valence-electron chi connectivity index (χ1n) is 8.53. The first-order chi connectivity index (χ1) is 12.7. The number of nitrogens with one attached hydrogen (secondary N) is 3. The predicted molar refractivity (Wildman–Crippen MR) is 103 cm³/mol. The molecule has 1 amide bonds. The van der Waals surface area contributed by atoms with Crippen molar-refractivity contribution in [2.24, 2.45) is 0 Å². The minimum atomic E-state index is -0.158. The highest BCUT2D eigenvalue weighted by Crippen LogP contribution is 2.09. The Labute approximate surface area is 153 Å². The Kier molecular flexibility index (Phi) is 5.96. The van der Waals surface area contributed by atoms with E-state index >= 15 is 0 Å². The summed E-state index contributed by atoms with van der Waals surface area (Å²) in [6.07, 6.45) is 1.79. The number of aromatic nitrogens is 1. The van der Waals surface area contributed by atoms with Crippen LogP contribution in [-0.2, 0) is 13.1 Å². The molecule has 0 aliphatic carbocycles. The van der Waals surface area contributed by atoms with Gasteiger partial charge in [0, 0.05) is 24.8 Å². The Bertz CT molecular complexity index is 847. The molecule has 3 aromatic rings. The molecule has 3 N–H and O–H groups in total. The smallest absolute Gasteiger partial charge is 0.269 e. The van der Waals surface area contributed by atoms with Crippen LogP contribution in [0, 0.1) is 6.92 Å². The lowest BCUT2D eigenvalue weighted by atomic mass is 10.1. The average Bonchev–Trinajstić information content (AvgIpc) is 2.68. The maximum atomic E-state index is 12.1. The molecular formula is C21H22N4O. The number of carbonyl (C=O) groups excluding carboxylic acids is 1. The van der Waals surface area contributed by atoms with Crippen LogP contribution in [0.15, 0.2) is 72.9 Å². The van der Waals surface area contributed by atoms with E-state index in [4.69, 9.17) is 0 Å². The zero-order chi connectivity index (χ0) is 18.2. The molecule has 132 valence electrons. The number of rotatable bonds is 7. The summed E-state index contributed by atoms with van der Waals surface area (Å²) in [5.74, 6) is -0.158. The van der Waals surface area contributed by atoms with Gasteiger partial charge in [-0.3, -0.25) is 20.6 Å². The molecular weight excluding hydrogens is 324 g/mol. The van der Waals surface area contributed by atoms with Crippen molar-refractivity contribution < 1.29 is 4.79 Å². The van der Waals surface area contributed by atoms with Crippen molar-refractivity contribution >= 4 is 11.6 Å². The van der Waals surface area contributed by atoms with Crippen molar-refractivity contribution in [2.45, 2.75) is 20.0 Å². The van der Waals surface area contributed by atoms with E-state index in [9.17, 15) is 4.79 Å². The summed E-state index contributed by atoms with van der Waals surface area (Å²) < 4.78 is 0. The van der Waals surface area contributed by atoms with Crippen molar-refractivity contribution in [2.75, 3.05) is 5.43 Å². The number of pyridine rings is 1. The van der Waals surface area contributed by atoms with Crippen molar-refractivity contribution in [3.63, 3.8) is 0 Å². The second kappa shape index (κ2) is 8.78. The molecule has 0 aliphatic rings. The van der Waals surface area contributed by atoms with Crippen LogP contribution >= 0.6 is 0 Å². The van der Waals surface area contributed by atoms with E-state index in [1.165, 1.54) is 0 Å². The first kappa shape index (κ1) is 17.6. The summed E-state index contributed by atoms with van der Waals surface area (Å²) in [6, 6.07) is 21.3. The van der Waals surface area contributed by atoms with Crippen molar-refractivity contribution in [3.05, 3.63) is 95.3 Å². The highest BCUT2D eigenvalue weighted by molar-refractivity contribution is 5.95. The van der Waals surface area contributed by atoms with Gasteiger partial charge in [-0.05, 0) is 48.9 Å². The van der Waals surface area contributed by atoms with E-state index in [1.54, 1.807) is 12.3 Å². The molecule has 26 heavy (non-hydrogen) atoms. The quantitative estimate of drug-likeness (QED) is 0.574. The van der Waals surface area contributed by atoms with Gasteiger partial charge in [0.25, 0.3) is 5.91 Å². The van der Waals surface area contributed by atoms with E-state index in [0.29, 0.717) is 5.56 Å². The van der Waals surface area contributed by atoms with Crippen LogP contribution in [0.2, 0.25) is 0 Å². The second-order valence-corrected chi connectivity index (χ2v) is 6.07. The van der Waals surface area contributed by atoms with Gasteiger partial charge in [-0.15, -0.1) is 0 Å². The minimum Gasteiger partial charge on any atom is -0.307 e. The Morgan fingerprint density at radius 1 is 0.962 bits per heavy atom. The van der Waals surface area contributed by atoms with E-state index in [2.05, 4.69) is 21.2 Å². The highest BCUT2D eigenvalue weighted by Gasteiger charge is 2.04. The third-order valence-electron chi connectivity index (χ3n) is 3.92. The van der Waals surface area contributed by atoms with Gasteiger partial charge in [0.15, 0.2) is 0 Å². The largest absolute Gasteiger partial charge is 0.307 e.